The van der Waals surface area contributed by atoms with Gasteiger partial charge in [0.2, 0.25) is 0 Å². The van der Waals surface area contributed by atoms with Crippen LogP contribution in [0.4, 0.5) is 5.69 Å². The molecule has 0 amide bonds. The number of aryl methyl sites for hydroxylation is 1. The molecule has 0 aliphatic carbocycles. The molecule has 150 valence electrons. The van der Waals surface area contributed by atoms with Crippen LogP contribution in [0.3, 0.4) is 0 Å². The summed E-state index contributed by atoms with van der Waals surface area (Å²) in [4.78, 5) is 19.8. The Balaban J connectivity index is 1.15. The zero-order chi connectivity index (χ0) is 19.2. The van der Waals surface area contributed by atoms with Crippen molar-refractivity contribution in [3.8, 4) is 0 Å². The highest BCUT2D eigenvalue weighted by Gasteiger charge is 2.43. The van der Waals surface area contributed by atoms with Gasteiger partial charge in [0.15, 0.2) is 5.65 Å². The molecule has 3 aliphatic heterocycles. The van der Waals surface area contributed by atoms with Gasteiger partial charge in [-0.3, -0.25) is 0 Å². The Morgan fingerprint density at radius 3 is 3.14 bits per heavy atom. The van der Waals surface area contributed by atoms with Crippen LogP contribution in [0.1, 0.15) is 30.7 Å². The molecule has 7 heteroatoms. The zero-order valence-corrected chi connectivity index (χ0v) is 17.4. The Labute approximate surface area is 175 Å². The maximum absolute atomic E-state index is 4.41. The summed E-state index contributed by atoms with van der Waals surface area (Å²) in [5.74, 6) is 1.92. The third kappa shape index (κ3) is 3.02. The SMILES string of the molecule is c1cc2c3c(c1)[C@@H]1CN(CCCn4cnc5cncnc54)CC[C@@H]1N3CCCS2. The summed E-state index contributed by atoms with van der Waals surface area (Å²) in [6, 6.07) is 7.70. The molecular formula is C22H26N6S. The molecule has 3 aromatic rings. The number of rotatable bonds is 4. The lowest BCUT2D eigenvalue weighted by atomic mass is 9.89. The molecule has 6 rings (SSSR count). The number of imidazole rings is 1. The quantitative estimate of drug-likeness (QED) is 0.662. The van der Waals surface area contributed by atoms with Crippen LogP contribution >= 0.6 is 11.8 Å². The fourth-order valence-electron chi connectivity index (χ4n) is 5.45. The van der Waals surface area contributed by atoms with Crippen LogP contribution in [0, 0.1) is 0 Å². The van der Waals surface area contributed by atoms with Gasteiger partial charge in [0.25, 0.3) is 0 Å². The third-order valence-corrected chi connectivity index (χ3v) is 7.87. The zero-order valence-electron chi connectivity index (χ0n) is 16.6. The number of piperidine rings is 1. The molecule has 1 fully saturated rings. The molecule has 2 atom stereocenters. The normalized spacial score (nSPS) is 23.8. The van der Waals surface area contributed by atoms with Crippen molar-refractivity contribution in [1.82, 2.24) is 24.4 Å². The first-order chi connectivity index (χ1) is 14.4. The monoisotopic (exact) mass is 406 g/mol. The van der Waals surface area contributed by atoms with Crippen molar-refractivity contribution in [2.24, 2.45) is 0 Å². The minimum atomic E-state index is 0.666. The van der Waals surface area contributed by atoms with Gasteiger partial charge in [-0.15, -0.1) is 11.8 Å². The Morgan fingerprint density at radius 1 is 1.14 bits per heavy atom. The van der Waals surface area contributed by atoms with Gasteiger partial charge >= 0.3 is 0 Å². The smallest absolute Gasteiger partial charge is 0.163 e. The molecule has 5 heterocycles. The largest absolute Gasteiger partial charge is 0.367 e. The van der Waals surface area contributed by atoms with Crippen LogP contribution in [0.2, 0.25) is 0 Å². The van der Waals surface area contributed by atoms with E-state index in [0.29, 0.717) is 12.0 Å². The Hall–Kier alpha value is -2.12. The number of aromatic nitrogens is 4. The molecule has 0 unspecified atom stereocenters. The number of benzene rings is 1. The average Bonchev–Trinajstić information content (AvgIpc) is 3.22. The summed E-state index contributed by atoms with van der Waals surface area (Å²) >= 11 is 2.05. The Kier molecular flexibility index (Phi) is 4.45. The van der Waals surface area contributed by atoms with Crippen molar-refractivity contribution in [3.05, 3.63) is 42.6 Å². The second-order valence-corrected chi connectivity index (χ2v) is 9.51. The summed E-state index contributed by atoms with van der Waals surface area (Å²) in [5, 5.41) is 0. The maximum Gasteiger partial charge on any atom is 0.163 e. The first-order valence-corrected chi connectivity index (χ1v) is 11.7. The lowest BCUT2D eigenvalue weighted by molar-refractivity contribution is 0.189. The van der Waals surface area contributed by atoms with E-state index in [9.17, 15) is 0 Å². The van der Waals surface area contributed by atoms with Crippen LogP contribution in [-0.2, 0) is 6.54 Å². The lowest BCUT2D eigenvalue weighted by Crippen LogP contribution is -2.46. The van der Waals surface area contributed by atoms with Crippen LogP contribution in [0.15, 0.2) is 41.9 Å². The highest BCUT2D eigenvalue weighted by Crippen LogP contribution is 2.50. The molecule has 0 radical (unpaired) electrons. The topological polar surface area (TPSA) is 50.1 Å². The van der Waals surface area contributed by atoms with Crippen molar-refractivity contribution in [2.75, 3.05) is 36.8 Å². The van der Waals surface area contributed by atoms with E-state index in [2.05, 4.69) is 59.3 Å². The summed E-state index contributed by atoms with van der Waals surface area (Å²) in [7, 11) is 0. The molecule has 0 N–H and O–H groups in total. The highest BCUT2D eigenvalue weighted by molar-refractivity contribution is 7.99. The van der Waals surface area contributed by atoms with E-state index >= 15 is 0 Å². The molecule has 1 aromatic carbocycles. The number of para-hydroxylation sites is 1. The van der Waals surface area contributed by atoms with Crippen LogP contribution in [0.25, 0.3) is 11.2 Å². The van der Waals surface area contributed by atoms with Crippen molar-refractivity contribution < 1.29 is 0 Å². The minimum Gasteiger partial charge on any atom is -0.367 e. The van der Waals surface area contributed by atoms with Crippen LogP contribution in [-0.4, -0.2) is 62.4 Å². The highest BCUT2D eigenvalue weighted by atomic mass is 32.2. The number of fused-ring (bicyclic) bond motifs is 4. The van der Waals surface area contributed by atoms with Crippen LogP contribution < -0.4 is 4.90 Å². The number of hydrogen-bond acceptors (Lipinski definition) is 6. The van der Waals surface area contributed by atoms with E-state index in [1.165, 1.54) is 43.1 Å². The standard InChI is InChI=1S/C22H26N6S/c1-4-16-17-13-26(7-2-8-27-15-25-18-12-23-14-24-22(18)27)10-6-19(17)28-9-3-11-29-20(5-1)21(16)28/h1,4-5,12,14-15,17,19H,2-3,6-11,13H2/t17-,19-/m0/s1. The van der Waals surface area contributed by atoms with Crippen molar-refractivity contribution in [3.63, 3.8) is 0 Å². The first kappa shape index (κ1) is 17.7. The number of likely N-dealkylation sites (tertiary alicyclic amines) is 1. The molecule has 0 spiro atoms. The van der Waals surface area contributed by atoms with E-state index in [1.54, 1.807) is 23.8 Å². The van der Waals surface area contributed by atoms with Crippen molar-refractivity contribution >= 4 is 28.6 Å². The summed E-state index contributed by atoms with van der Waals surface area (Å²) < 4.78 is 2.16. The predicted molar refractivity (Wildman–Crippen MR) is 117 cm³/mol. The molecule has 29 heavy (non-hydrogen) atoms. The molecule has 6 nitrogen and oxygen atoms in total. The summed E-state index contributed by atoms with van der Waals surface area (Å²) in [5.41, 5.74) is 4.99. The maximum atomic E-state index is 4.41. The number of anilines is 1. The van der Waals surface area contributed by atoms with Crippen molar-refractivity contribution in [1.29, 1.82) is 0 Å². The van der Waals surface area contributed by atoms with E-state index in [1.807, 2.05) is 6.33 Å². The van der Waals surface area contributed by atoms with Gasteiger partial charge in [0.1, 0.15) is 11.8 Å². The fourth-order valence-corrected chi connectivity index (χ4v) is 6.49. The summed E-state index contributed by atoms with van der Waals surface area (Å²) in [6.45, 7) is 5.73. The second kappa shape index (κ2) is 7.29. The molecule has 2 aromatic heterocycles. The van der Waals surface area contributed by atoms with Gasteiger partial charge in [0.05, 0.1) is 18.2 Å². The van der Waals surface area contributed by atoms with Gasteiger partial charge < -0.3 is 14.4 Å². The van der Waals surface area contributed by atoms with Crippen molar-refractivity contribution in [2.45, 2.75) is 42.7 Å². The number of hydrogen-bond donors (Lipinski definition) is 0. The van der Waals surface area contributed by atoms with Gasteiger partial charge in [-0.1, -0.05) is 12.1 Å². The Bertz CT molecular complexity index is 1030. The molecular weight excluding hydrogens is 380 g/mol. The molecule has 3 aliphatic rings. The molecule has 0 saturated carbocycles. The van der Waals surface area contributed by atoms with E-state index < -0.39 is 0 Å². The molecule has 0 bridgehead atoms. The minimum absolute atomic E-state index is 0.666. The summed E-state index contributed by atoms with van der Waals surface area (Å²) in [6.07, 6.45) is 9.00. The first-order valence-electron chi connectivity index (χ1n) is 10.7. The predicted octanol–water partition coefficient (Wildman–Crippen LogP) is 3.39. The van der Waals surface area contributed by atoms with Gasteiger partial charge in [0, 0.05) is 43.0 Å². The van der Waals surface area contributed by atoms with E-state index in [-0.39, 0.29) is 0 Å². The second-order valence-electron chi connectivity index (χ2n) is 8.38. The van der Waals surface area contributed by atoms with Gasteiger partial charge in [-0.2, -0.15) is 0 Å². The molecule has 1 saturated heterocycles. The van der Waals surface area contributed by atoms with Crippen LogP contribution in [0.5, 0.6) is 0 Å². The van der Waals surface area contributed by atoms with Gasteiger partial charge in [-0.05, 0) is 43.2 Å². The lowest BCUT2D eigenvalue weighted by Gasteiger charge is -2.39. The van der Waals surface area contributed by atoms with Gasteiger partial charge in [-0.25, -0.2) is 15.0 Å². The Morgan fingerprint density at radius 2 is 2.14 bits per heavy atom. The average molecular weight is 407 g/mol. The van der Waals surface area contributed by atoms with E-state index in [0.717, 1.165) is 30.7 Å². The third-order valence-electron chi connectivity index (χ3n) is 6.73. The fraction of sp³-hybridized carbons (Fsp3) is 0.500. The van der Waals surface area contributed by atoms with E-state index in [4.69, 9.17) is 0 Å². The number of nitrogens with zero attached hydrogens (tertiary/aromatic N) is 6. The number of thioether (sulfide) groups is 1.